The quantitative estimate of drug-likeness (QED) is 0.160. The molecule has 0 saturated heterocycles. The molecule has 4 heterocycles. The lowest BCUT2D eigenvalue weighted by molar-refractivity contribution is 0.666. The van der Waals surface area contributed by atoms with Gasteiger partial charge in [0.15, 0.2) is 23.1 Å². The van der Waals surface area contributed by atoms with Crippen LogP contribution >= 0.6 is 0 Å². The summed E-state index contributed by atoms with van der Waals surface area (Å²) in [7, 11) is 0. The average molecular weight is 882 g/mol. The Morgan fingerprint density at radius 3 is 1.58 bits per heavy atom. The second kappa shape index (κ2) is 15.6. The molecule has 14 aromatic rings. The summed E-state index contributed by atoms with van der Waals surface area (Å²) in [5, 5.41) is 6.66. The SMILES string of the molecule is c1ccc(-c2ccc(-c3nc(-c4ccccc4)nc(-c4cccc5c6ccc7oc8c(-n9c%10ccccc%10c%10cc(-c%11ccccc%11)ccc%109)cccc8c7c6n(-c6ccccc6)c45)n3)cc2)cc1. The van der Waals surface area contributed by atoms with Crippen LogP contribution in [0.3, 0.4) is 0 Å². The number of aromatic nitrogens is 5. The minimum atomic E-state index is 0.592. The molecule has 322 valence electrons. The first-order chi connectivity index (χ1) is 34.2. The van der Waals surface area contributed by atoms with E-state index in [-0.39, 0.29) is 0 Å². The predicted octanol–water partition coefficient (Wildman–Crippen LogP) is 16.3. The zero-order valence-electron chi connectivity index (χ0n) is 37.2. The lowest BCUT2D eigenvalue weighted by Gasteiger charge is -2.13. The molecule has 6 nitrogen and oxygen atoms in total. The van der Waals surface area contributed by atoms with E-state index in [2.05, 4.69) is 221 Å². The van der Waals surface area contributed by atoms with Gasteiger partial charge in [-0.1, -0.05) is 182 Å². The molecule has 69 heavy (non-hydrogen) atoms. The van der Waals surface area contributed by atoms with Crippen LogP contribution in [0.5, 0.6) is 0 Å². The summed E-state index contributed by atoms with van der Waals surface area (Å²) in [5.41, 5.74) is 15.3. The zero-order chi connectivity index (χ0) is 45.4. The van der Waals surface area contributed by atoms with Gasteiger partial charge in [-0.25, -0.2) is 15.0 Å². The van der Waals surface area contributed by atoms with E-state index in [0.717, 1.165) is 94.0 Å². The summed E-state index contributed by atoms with van der Waals surface area (Å²) in [5.74, 6) is 1.81. The fourth-order valence-electron chi connectivity index (χ4n) is 10.4. The number of furan rings is 1. The van der Waals surface area contributed by atoms with E-state index in [0.29, 0.717) is 17.5 Å². The zero-order valence-corrected chi connectivity index (χ0v) is 37.2. The molecule has 6 heteroatoms. The van der Waals surface area contributed by atoms with E-state index in [4.69, 9.17) is 19.4 Å². The Hall–Kier alpha value is -9.39. The monoisotopic (exact) mass is 881 g/mol. The minimum Gasteiger partial charge on any atom is -0.454 e. The van der Waals surface area contributed by atoms with Crippen LogP contribution in [0.15, 0.2) is 241 Å². The molecule has 0 bridgehead atoms. The van der Waals surface area contributed by atoms with E-state index < -0.39 is 0 Å². The van der Waals surface area contributed by atoms with Gasteiger partial charge in [0, 0.05) is 49.3 Å². The molecule has 0 amide bonds. The topological polar surface area (TPSA) is 61.7 Å². The van der Waals surface area contributed by atoms with E-state index in [1.165, 1.54) is 21.9 Å². The third-order valence-electron chi connectivity index (χ3n) is 13.6. The van der Waals surface area contributed by atoms with Crippen LogP contribution in [0.25, 0.3) is 133 Å². The fraction of sp³-hybridized carbons (Fsp3) is 0. The number of nitrogens with zero attached hydrogens (tertiary/aromatic N) is 5. The molecule has 4 aromatic heterocycles. The lowest BCUT2D eigenvalue weighted by atomic mass is 10.0. The molecular formula is C63H39N5O. The Bertz CT molecular complexity index is 4270. The van der Waals surface area contributed by atoms with Crippen molar-refractivity contribution in [2.45, 2.75) is 0 Å². The molecular weight excluding hydrogens is 843 g/mol. The molecule has 0 atom stereocenters. The van der Waals surface area contributed by atoms with Crippen LogP contribution in [-0.2, 0) is 0 Å². The molecule has 0 N–H and O–H groups in total. The largest absolute Gasteiger partial charge is 0.454 e. The van der Waals surface area contributed by atoms with Crippen molar-refractivity contribution >= 4 is 65.6 Å². The van der Waals surface area contributed by atoms with E-state index in [9.17, 15) is 0 Å². The van der Waals surface area contributed by atoms with Gasteiger partial charge in [0.05, 0.1) is 33.1 Å². The van der Waals surface area contributed by atoms with Crippen molar-refractivity contribution in [1.29, 1.82) is 0 Å². The molecule has 14 rings (SSSR count). The van der Waals surface area contributed by atoms with Crippen LogP contribution in [0.1, 0.15) is 0 Å². The van der Waals surface area contributed by atoms with Crippen molar-refractivity contribution in [3.05, 3.63) is 237 Å². The van der Waals surface area contributed by atoms with E-state index in [1.54, 1.807) is 0 Å². The highest BCUT2D eigenvalue weighted by Gasteiger charge is 2.25. The minimum absolute atomic E-state index is 0.592. The molecule has 0 radical (unpaired) electrons. The van der Waals surface area contributed by atoms with Crippen LogP contribution in [0.2, 0.25) is 0 Å². The first-order valence-corrected chi connectivity index (χ1v) is 23.3. The van der Waals surface area contributed by atoms with Crippen LogP contribution < -0.4 is 0 Å². The molecule has 0 saturated carbocycles. The Kier molecular flexibility index (Phi) is 8.79. The van der Waals surface area contributed by atoms with Gasteiger partial charge < -0.3 is 13.6 Å². The predicted molar refractivity (Wildman–Crippen MR) is 283 cm³/mol. The van der Waals surface area contributed by atoms with Gasteiger partial charge in [0.2, 0.25) is 0 Å². The highest BCUT2D eigenvalue weighted by molar-refractivity contribution is 6.26. The molecule has 0 aliphatic rings. The number of rotatable bonds is 7. The molecule has 0 unspecified atom stereocenters. The van der Waals surface area contributed by atoms with Crippen molar-refractivity contribution in [1.82, 2.24) is 24.1 Å². The molecule has 0 spiro atoms. The van der Waals surface area contributed by atoms with Crippen molar-refractivity contribution in [2.75, 3.05) is 0 Å². The number of fused-ring (bicyclic) bond motifs is 10. The highest BCUT2D eigenvalue weighted by atomic mass is 16.3. The molecule has 0 aliphatic carbocycles. The van der Waals surface area contributed by atoms with E-state index in [1.807, 2.05) is 24.3 Å². The van der Waals surface area contributed by atoms with Gasteiger partial charge in [-0.05, 0) is 76.9 Å². The van der Waals surface area contributed by atoms with Gasteiger partial charge in [-0.3, -0.25) is 0 Å². The Morgan fingerprint density at radius 2 is 0.841 bits per heavy atom. The normalized spacial score (nSPS) is 11.8. The second-order valence-electron chi connectivity index (χ2n) is 17.5. The van der Waals surface area contributed by atoms with Gasteiger partial charge in [-0.2, -0.15) is 0 Å². The number of hydrogen-bond acceptors (Lipinski definition) is 4. The maximum Gasteiger partial charge on any atom is 0.166 e. The fourth-order valence-corrected chi connectivity index (χ4v) is 10.4. The number of para-hydroxylation sites is 4. The third kappa shape index (κ3) is 6.23. The molecule has 10 aromatic carbocycles. The van der Waals surface area contributed by atoms with Gasteiger partial charge in [0.1, 0.15) is 5.58 Å². The Balaban J connectivity index is 1.02. The van der Waals surface area contributed by atoms with Gasteiger partial charge in [0.25, 0.3) is 0 Å². The van der Waals surface area contributed by atoms with Crippen molar-refractivity contribution in [2.24, 2.45) is 0 Å². The Labute approximate surface area is 396 Å². The van der Waals surface area contributed by atoms with Gasteiger partial charge in [-0.15, -0.1) is 0 Å². The van der Waals surface area contributed by atoms with Gasteiger partial charge >= 0.3 is 0 Å². The van der Waals surface area contributed by atoms with E-state index >= 15 is 0 Å². The molecule has 0 aliphatic heterocycles. The summed E-state index contributed by atoms with van der Waals surface area (Å²) < 4.78 is 11.9. The van der Waals surface area contributed by atoms with Crippen LogP contribution in [-0.4, -0.2) is 24.1 Å². The van der Waals surface area contributed by atoms with Crippen molar-refractivity contribution in [3.8, 4) is 67.8 Å². The van der Waals surface area contributed by atoms with Crippen molar-refractivity contribution in [3.63, 3.8) is 0 Å². The summed E-state index contributed by atoms with van der Waals surface area (Å²) in [6.07, 6.45) is 0. The molecule has 0 fully saturated rings. The standard InChI is InChI=1S/C63H39N5O/c1-5-17-40(18-6-1)42-31-33-44(34-32-42)62-64-61(43-21-9-3-10-22-43)65-63(66-62)51-28-15-26-48-49-36-38-56-57(59(49)67(58(48)51)46-23-11-4-12-24-46)50-27-16-30-55(60(50)69-56)68-53-29-14-13-25-47(53)52-39-45(35-37-54(52)68)41-19-7-2-8-20-41/h1-39H. The number of benzene rings is 10. The second-order valence-corrected chi connectivity index (χ2v) is 17.5. The Morgan fingerprint density at radius 1 is 0.319 bits per heavy atom. The lowest BCUT2D eigenvalue weighted by Crippen LogP contribution is -2.02. The highest BCUT2D eigenvalue weighted by Crippen LogP contribution is 2.46. The third-order valence-corrected chi connectivity index (χ3v) is 13.6. The maximum atomic E-state index is 7.11. The smallest absolute Gasteiger partial charge is 0.166 e. The summed E-state index contributed by atoms with van der Waals surface area (Å²) in [6.45, 7) is 0. The first-order valence-electron chi connectivity index (χ1n) is 23.3. The van der Waals surface area contributed by atoms with Crippen LogP contribution in [0, 0.1) is 0 Å². The summed E-state index contributed by atoms with van der Waals surface area (Å²) in [4.78, 5) is 15.7. The summed E-state index contributed by atoms with van der Waals surface area (Å²) in [6, 6.07) is 83.1. The maximum absolute atomic E-state index is 7.11. The van der Waals surface area contributed by atoms with Crippen LogP contribution in [0.4, 0.5) is 0 Å². The van der Waals surface area contributed by atoms with Crippen molar-refractivity contribution < 1.29 is 4.42 Å². The summed E-state index contributed by atoms with van der Waals surface area (Å²) >= 11 is 0. The average Bonchev–Trinajstić information content (AvgIpc) is 4.09. The number of hydrogen-bond donors (Lipinski definition) is 0. The first kappa shape index (κ1) is 38.8.